The third-order valence-electron chi connectivity index (χ3n) is 5.73. The van der Waals surface area contributed by atoms with Gasteiger partial charge >= 0.3 is 6.18 Å². The van der Waals surface area contributed by atoms with Gasteiger partial charge in [-0.2, -0.15) is 13.2 Å². The van der Waals surface area contributed by atoms with Crippen LogP contribution in [-0.4, -0.2) is 37.7 Å². The highest BCUT2D eigenvalue weighted by molar-refractivity contribution is 8.11. The molecule has 2 aliphatic heterocycles. The van der Waals surface area contributed by atoms with Crippen LogP contribution in [-0.2, 0) is 10.9 Å². The number of likely N-dealkylation sites (tertiary alicyclic amines) is 1. The zero-order chi connectivity index (χ0) is 21.4. The maximum Gasteiger partial charge on any atom is 0.416 e. The molecule has 1 aromatic carbocycles. The minimum Gasteiger partial charge on any atom is -0.375 e. The number of thioether (sulfide) groups is 1. The molecule has 1 aromatic heterocycles. The molecule has 1 fully saturated rings. The molecule has 0 N–H and O–H groups in total. The SMILES string of the molecule is Cl.FC(F)(F)c1ccc2c3c(sc2c1)=CC=CC1=CC=C(COCCN2CCCC2)SC=31. The van der Waals surface area contributed by atoms with Crippen molar-refractivity contribution in [2.75, 3.05) is 32.8 Å². The standard InChI is InChI=1S/C24H22F3NOS2.ClH/c25-24(26,27)17-7-9-19-21(14-17)31-20-5-3-4-16-6-8-18(30-23(16)22(19)20)15-29-13-12-28-10-1-2-11-28;/h3-9,14H,1-2,10-13,15H2;1H. The minimum atomic E-state index is -4.33. The fourth-order valence-corrected chi connectivity index (χ4v) is 6.49. The molecule has 170 valence electrons. The van der Waals surface area contributed by atoms with Gasteiger partial charge in [0.2, 0.25) is 0 Å². The second-order valence-corrected chi connectivity index (χ2v) is 10.1. The van der Waals surface area contributed by atoms with E-state index >= 15 is 0 Å². The van der Waals surface area contributed by atoms with Gasteiger partial charge < -0.3 is 9.64 Å². The van der Waals surface area contributed by atoms with Crippen molar-refractivity contribution in [1.29, 1.82) is 0 Å². The van der Waals surface area contributed by atoms with Crippen molar-refractivity contribution < 1.29 is 17.9 Å². The van der Waals surface area contributed by atoms with E-state index in [1.54, 1.807) is 17.8 Å². The summed E-state index contributed by atoms with van der Waals surface area (Å²) in [4.78, 5) is 4.64. The molecular weight excluding hydrogens is 475 g/mol. The number of hydrogen-bond donors (Lipinski definition) is 0. The lowest BCUT2D eigenvalue weighted by Gasteiger charge is -2.17. The molecule has 0 atom stereocenters. The van der Waals surface area contributed by atoms with E-state index in [0.717, 1.165) is 50.2 Å². The van der Waals surface area contributed by atoms with E-state index in [1.165, 1.54) is 36.3 Å². The molecule has 1 aliphatic carbocycles. The molecule has 3 heterocycles. The Morgan fingerprint density at radius 1 is 1.06 bits per heavy atom. The van der Waals surface area contributed by atoms with Gasteiger partial charge in [0.1, 0.15) is 0 Å². The van der Waals surface area contributed by atoms with Gasteiger partial charge in [0.05, 0.1) is 18.8 Å². The Kier molecular flexibility index (Phi) is 7.22. The normalized spacial score (nSPS) is 18.4. The quantitative estimate of drug-likeness (QED) is 0.508. The van der Waals surface area contributed by atoms with Crippen molar-refractivity contribution in [3.05, 3.63) is 68.3 Å². The Hall–Kier alpha value is -1.51. The predicted octanol–water partition coefficient (Wildman–Crippen LogP) is 5.47. The fraction of sp³-hybridized carbons (Fsp3) is 0.333. The van der Waals surface area contributed by atoms with Crippen LogP contribution in [0.4, 0.5) is 13.2 Å². The highest BCUT2D eigenvalue weighted by atomic mass is 35.5. The summed E-state index contributed by atoms with van der Waals surface area (Å²) in [6, 6.07) is 4.06. The molecule has 8 heteroatoms. The number of halogens is 4. The van der Waals surface area contributed by atoms with E-state index in [4.69, 9.17) is 4.74 Å². The van der Waals surface area contributed by atoms with Gasteiger partial charge in [-0.25, -0.2) is 0 Å². The second kappa shape index (κ2) is 9.77. The summed E-state index contributed by atoms with van der Waals surface area (Å²) >= 11 is 3.08. The molecule has 32 heavy (non-hydrogen) atoms. The molecule has 1 saturated heterocycles. The largest absolute Gasteiger partial charge is 0.416 e. The Labute approximate surface area is 199 Å². The second-order valence-electron chi connectivity index (χ2n) is 7.86. The van der Waals surface area contributed by atoms with Gasteiger partial charge in [0, 0.05) is 36.2 Å². The first kappa shape index (κ1) is 23.6. The van der Waals surface area contributed by atoms with Crippen LogP contribution in [0.1, 0.15) is 18.4 Å². The lowest BCUT2D eigenvalue weighted by molar-refractivity contribution is -0.137. The molecule has 0 radical (unpaired) electrons. The zero-order valence-electron chi connectivity index (χ0n) is 17.3. The molecule has 3 aliphatic rings. The number of alkyl halides is 3. The number of fused-ring (bicyclic) bond motifs is 4. The molecule has 0 bridgehead atoms. The first-order valence-electron chi connectivity index (χ1n) is 10.4. The van der Waals surface area contributed by atoms with E-state index in [0.29, 0.717) is 17.9 Å². The lowest BCUT2D eigenvalue weighted by atomic mass is 10.1. The van der Waals surface area contributed by atoms with Crippen LogP contribution < -0.4 is 9.75 Å². The monoisotopic (exact) mass is 497 g/mol. The summed E-state index contributed by atoms with van der Waals surface area (Å²) in [6.07, 6.45) is 8.42. The number of hydrogen-bond acceptors (Lipinski definition) is 4. The van der Waals surface area contributed by atoms with E-state index < -0.39 is 11.7 Å². The third kappa shape index (κ3) is 4.87. The van der Waals surface area contributed by atoms with Gasteiger partial charge in [-0.05, 0) is 55.8 Å². The van der Waals surface area contributed by atoms with Gasteiger partial charge in [0.15, 0.2) is 0 Å². The first-order chi connectivity index (χ1) is 15.0. The lowest BCUT2D eigenvalue weighted by Crippen LogP contribution is -2.24. The molecule has 0 amide bonds. The van der Waals surface area contributed by atoms with Crippen LogP contribution in [0.15, 0.2) is 53.0 Å². The number of allylic oxidation sites excluding steroid dienone is 4. The average molecular weight is 498 g/mol. The molecule has 5 rings (SSSR count). The van der Waals surface area contributed by atoms with Gasteiger partial charge in [-0.15, -0.1) is 23.7 Å². The summed E-state index contributed by atoms with van der Waals surface area (Å²) in [6.45, 7) is 4.56. The zero-order valence-corrected chi connectivity index (χ0v) is 19.7. The number of rotatable bonds is 5. The predicted molar refractivity (Wildman–Crippen MR) is 131 cm³/mol. The first-order valence-corrected chi connectivity index (χ1v) is 12.0. The van der Waals surface area contributed by atoms with Crippen molar-refractivity contribution in [1.82, 2.24) is 4.90 Å². The summed E-state index contributed by atoms with van der Waals surface area (Å²) in [7, 11) is 0. The van der Waals surface area contributed by atoms with E-state index in [2.05, 4.69) is 23.1 Å². The Bertz CT molecular complexity index is 1220. The minimum absolute atomic E-state index is 0. The molecule has 0 spiro atoms. The van der Waals surface area contributed by atoms with Crippen LogP contribution in [0.3, 0.4) is 0 Å². The van der Waals surface area contributed by atoms with Crippen LogP contribution in [0.5, 0.6) is 0 Å². The maximum atomic E-state index is 13.2. The third-order valence-corrected chi connectivity index (χ3v) is 8.01. The van der Waals surface area contributed by atoms with E-state index in [1.807, 2.05) is 12.2 Å². The molecule has 2 nitrogen and oxygen atoms in total. The highest BCUT2D eigenvalue weighted by Crippen LogP contribution is 2.38. The van der Waals surface area contributed by atoms with Crippen molar-refractivity contribution in [2.45, 2.75) is 19.0 Å². The van der Waals surface area contributed by atoms with E-state index in [-0.39, 0.29) is 12.4 Å². The summed E-state index contributed by atoms with van der Waals surface area (Å²) in [5, 5.41) is 1.90. The number of nitrogens with zero attached hydrogens (tertiary/aromatic N) is 1. The topological polar surface area (TPSA) is 12.5 Å². The van der Waals surface area contributed by atoms with E-state index in [9.17, 15) is 13.2 Å². The van der Waals surface area contributed by atoms with Crippen LogP contribution in [0.25, 0.3) is 21.1 Å². The maximum absolute atomic E-state index is 13.2. The van der Waals surface area contributed by atoms with Gasteiger partial charge in [0.25, 0.3) is 0 Å². The summed E-state index contributed by atoms with van der Waals surface area (Å²) in [5.41, 5.74) is 0.483. The number of thiophene rings is 1. The Balaban J connectivity index is 0.00000245. The summed E-state index contributed by atoms with van der Waals surface area (Å²) in [5.74, 6) is 0. The van der Waals surface area contributed by atoms with Crippen LogP contribution in [0.2, 0.25) is 0 Å². The van der Waals surface area contributed by atoms with Gasteiger partial charge in [-0.3, -0.25) is 0 Å². The van der Waals surface area contributed by atoms with Crippen molar-refractivity contribution in [3.63, 3.8) is 0 Å². The molecule has 2 aromatic rings. The smallest absolute Gasteiger partial charge is 0.375 e. The van der Waals surface area contributed by atoms with Crippen molar-refractivity contribution >= 4 is 56.6 Å². The van der Waals surface area contributed by atoms with Crippen molar-refractivity contribution in [3.8, 4) is 0 Å². The highest BCUT2D eigenvalue weighted by Gasteiger charge is 2.31. The van der Waals surface area contributed by atoms with Crippen LogP contribution in [0, 0.1) is 0 Å². The number of ether oxygens (including phenoxy) is 1. The Morgan fingerprint density at radius 3 is 2.66 bits per heavy atom. The molecule has 0 saturated carbocycles. The molecule has 0 unspecified atom stereocenters. The number of benzene rings is 1. The average Bonchev–Trinajstić information content (AvgIpc) is 3.34. The fourth-order valence-electron chi connectivity index (χ4n) is 4.14. The van der Waals surface area contributed by atoms with Gasteiger partial charge in [-0.1, -0.05) is 36.1 Å². The van der Waals surface area contributed by atoms with Crippen LogP contribution >= 0.6 is 35.5 Å². The molecular formula is C24H23ClF3NOS2. The van der Waals surface area contributed by atoms with Crippen molar-refractivity contribution in [2.24, 2.45) is 0 Å². The Morgan fingerprint density at radius 2 is 1.88 bits per heavy atom. The summed E-state index contributed by atoms with van der Waals surface area (Å²) < 4.78 is 47.1.